The molecule has 3 rings (SSSR count). The van der Waals surface area contributed by atoms with E-state index in [0.29, 0.717) is 19.0 Å². The van der Waals surface area contributed by atoms with Crippen molar-refractivity contribution in [1.29, 1.82) is 0 Å². The second kappa shape index (κ2) is 12.6. The highest BCUT2D eigenvalue weighted by Crippen LogP contribution is 2.24. The number of hydrogen-bond donors (Lipinski definition) is 2. The van der Waals surface area contributed by atoms with Crippen LogP contribution in [0.3, 0.4) is 0 Å². The van der Waals surface area contributed by atoms with Gasteiger partial charge >= 0.3 is 6.18 Å². The maximum atomic E-state index is 12.5. The van der Waals surface area contributed by atoms with Crippen LogP contribution in [0.1, 0.15) is 31.5 Å². The number of guanidine groups is 1. The van der Waals surface area contributed by atoms with Crippen molar-refractivity contribution < 1.29 is 13.2 Å². The molecule has 0 saturated carbocycles. The summed E-state index contributed by atoms with van der Waals surface area (Å²) in [4.78, 5) is 10.4. The van der Waals surface area contributed by atoms with Gasteiger partial charge in [-0.15, -0.1) is 24.0 Å². The first kappa shape index (κ1) is 26.7. The number of aryl methyl sites for hydroxylation is 2. The summed E-state index contributed by atoms with van der Waals surface area (Å²) in [6.45, 7) is 4.74. The first-order valence-corrected chi connectivity index (χ1v) is 11.0. The Morgan fingerprint density at radius 2 is 1.84 bits per heavy atom. The lowest BCUT2D eigenvalue weighted by Gasteiger charge is -2.32. The Kier molecular flexibility index (Phi) is 10.5. The van der Waals surface area contributed by atoms with Crippen LogP contribution in [0.15, 0.2) is 29.3 Å². The van der Waals surface area contributed by atoms with Crippen LogP contribution in [0, 0.1) is 12.8 Å². The number of nitrogens with zero attached hydrogens (tertiary/aromatic N) is 4. The van der Waals surface area contributed by atoms with Gasteiger partial charge < -0.3 is 15.2 Å². The zero-order valence-electron chi connectivity index (χ0n) is 18.8. The quantitative estimate of drug-likeness (QED) is 0.218. The lowest BCUT2D eigenvalue weighted by atomic mass is 9.93. The summed E-state index contributed by atoms with van der Waals surface area (Å²) in [6, 6.07) is 8.16. The van der Waals surface area contributed by atoms with Crippen LogP contribution >= 0.6 is 24.0 Å². The van der Waals surface area contributed by atoms with Crippen LogP contribution in [-0.2, 0) is 6.54 Å². The van der Waals surface area contributed by atoms with Gasteiger partial charge in [-0.2, -0.15) is 13.2 Å². The van der Waals surface area contributed by atoms with Gasteiger partial charge in [-0.25, -0.2) is 4.98 Å². The minimum atomic E-state index is -4.10. The summed E-state index contributed by atoms with van der Waals surface area (Å²) in [5, 5.41) is 6.67. The third kappa shape index (κ3) is 8.09. The van der Waals surface area contributed by atoms with Crippen LogP contribution in [-0.4, -0.2) is 66.4 Å². The molecule has 10 heteroatoms. The third-order valence-corrected chi connectivity index (χ3v) is 5.88. The highest BCUT2D eigenvalue weighted by Gasteiger charge is 2.32. The maximum absolute atomic E-state index is 12.5. The Bertz CT molecular complexity index is 859. The van der Waals surface area contributed by atoms with Crippen LogP contribution < -0.4 is 10.6 Å². The molecule has 1 aromatic heterocycles. The van der Waals surface area contributed by atoms with Crippen LogP contribution in [0.4, 0.5) is 13.2 Å². The van der Waals surface area contributed by atoms with E-state index in [9.17, 15) is 13.2 Å². The monoisotopic (exact) mass is 566 g/mol. The van der Waals surface area contributed by atoms with Crippen molar-refractivity contribution in [2.75, 3.05) is 39.8 Å². The average Bonchev–Trinajstić information content (AvgIpc) is 3.05. The molecule has 0 spiro atoms. The predicted molar refractivity (Wildman–Crippen MR) is 134 cm³/mol. The number of hydrogen-bond acceptors (Lipinski definition) is 3. The van der Waals surface area contributed by atoms with Crippen molar-refractivity contribution in [3.05, 3.63) is 30.1 Å². The number of rotatable bonds is 8. The lowest BCUT2D eigenvalue weighted by molar-refractivity contribution is -0.148. The van der Waals surface area contributed by atoms with E-state index in [1.807, 2.05) is 25.1 Å². The molecule has 180 valence electrons. The summed E-state index contributed by atoms with van der Waals surface area (Å²) in [6.07, 6.45) is -0.569. The first-order valence-electron chi connectivity index (χ1n) is 11.0. The van der Waals surface area contributed by atoms with Gasteiger partial charge in [-0.05, 0) is 63.7 Å². The minimum absolute atomic E-state index is 0. The molecular formula is C22H34F3IN6. The van der Waals surface area contributed by atoms with Crippen LogP contribution in [0.25, 0.3) is 11.0 Å². The van der Waals surface area contributed by atoms with Gasteiger partial charge in [-0.1, -0.05) is 12.1 Å². The molecule has 0 bridgehead atoms. The molecule has 1 aromatic carbocycles. The molecule has 0 atom stereocenters. The van der Waals surface area contributed by atoms with E-state index in [1.54, 1.807) is 7.05 Å². The fourth-order valence-corrected chi connectivity index (χ4v) is 4.22. The van der Waals surface area contributed by atoms with Crippen molar-refractivity contribution >= 4 is 41.0 Å². The SMILES string of the molecule is CN=C(NCCCn1c(C)nc2ccccc21)NCCC1CCN(CC(F)(F)F)CC1.I. The standard InChI is InChI=1S/C22H33F3N6.HI/c1-17-29-19-6-3-4-7-20(19)31(17)13-5-11-27-21(26-2)28-12-8-18-9-14-30(15-10-18)16-22(23,24)25;/h3-4,6-7,18H,5,8-16H2,1-2H3,(H2,26,27,28);1H. The number of alkyl halides is 3. The summed E-state index contributed by atoms with van der Waals surface area (Å²) in [5.74, 6) is 2.25. The second-order valence-corrected chi connectivity index (χ2v) is 8.20. The van der Waals surface area contributed by atoms with Gasteiger partial charge in [0.25, 0.3) is 0 Å². The molecule has 6 nitrogen and oxygen atoms in total. The van der Waals surface area contributed by atoms with Crippen LogP contribution in [0.5, 0.6) is 0 Å². The van der Waals surface area contributed by atoms with Crippen molar-refractivity contribution in [3.63, 3.8) is 0 Å². The van der Waals surface area contributed by atoms with Gasteiger partial charge in [-0.3, -0.25) is 9.89 Å². The van der Waals surface area contributed by atoms with E-state index in [1.165, 1.54) is 4.90 Å². The molecule has 2 aromatic rings. The fraction of sp³-hybridized carbons (Fsp3) is 0.636. The predicted octanol–water partition coefficient (Wildman–Crippen LogP) is 4.18. The number of likely N-dealkylation sites (tertiary alicyclic amines) is 1. The molecule has 1 saturated heterocycles. The first-order chi connectivity index (χ1) is 14.9. The fourth-order valence-electron chi connectivity index (χ4n) is 4.22. The summed E-state index contributed by atoms with van der Waals surface area (Å²) < 4.78 is 39.7. The third-order valence-electron chi connectivity index (χ3n) is 5.88. The molecule has 2 heterocycles. The van der Waals surface area contributed by atoms with Gasteiger partial charge in [0.15, 0.2) is 5.96 Å². The van der Waals surface area contributed by atoms with E-state index >= 15 is 0 Å². The number of para-hydroxylation sites is 2. The Hall–Kier alpha value is -1.56. The molecule has 0 radical (unpaired) electrons. The average molecular weight is 566 g/mol. The number of aliphatic imine (C=N–C) groups is 1. The Labute approximate surface area is 205 Å². The smallest absolute Gasteiger partial charge is 0.356 e. The summed E-state index contributed by atoms with van der Waals surface area (Å²) in [7, 11) is 1.75. The molecule has 2 N–H and O–H groups in total. The second-order valence-electron chi connectivity index (χ2n) is 8.20. The van der Waals surface area contributed by atoms with Crippen LogP contribution in [0.2, 0.25) is 0 Å². The molecule has 1 aliphatic heterocycles. The number of nitrogens with one attached hydrogen (secondary N) is 2. The van der Waals surface area contributed by atoms with E-state index in [4.69, 9.17) is 0 Å². The summed E-state index contributed by atoms with van der Waals surface area (Å²) in [5.41, 5.74) is 2.18. The number of imidazole rings is 1. The van der Waals surface area contributed by atoms with E-state index in [2.05, 4.69) is 31.2 Å². The van der Waals surface area contributed by atoms with Crippen molar-refractivity contribution in [1.82, 2.24) is 25.1 Å². The molecule has 0 amide bonds. The van der Waals surface area contributed by atoms with Crippen molar-refractivity contribution in [3.8, 4) is 0 Å². The van der Waals surface area contributed by atoms with Gasteiger partial charge in [0, 0.05) is 26.7 Å². The highest BCUT2D eigenvalue weighted by molar-refractivity contribution is 14.0. The van der Waals surface area contributed by atoms with Crippen molar-refractivity contribution in [2.24, 2.45) is 10.9 Å². The van der Waals surface area contributed by atoms with Gasteiger partial charge in [0.2, 0.25) is 0 Å². The van der Waals surface area contributed by atoms with Gasteiger partial charge in [0.05, 0.1) is 17.6 Å². The van der Waals surface area contributed by atoms with E-state index in [0.717, 1.165) is 68.1 Å². The Morgan fingerprint density at radius 3 is 2.53 bits per heavy atom. The zero-order chi connectivity index (χ0) is 22.3. The Morgan fingerprint density at radius 1 is 1.16 bits per heavy atom. The van der Waals surface area contributed by atoms with E-state index < -0.39 is 12.7 Å². The number of piperidine rings is 1. The molecule has 0 aliphatic carbocycles. The number of benzene rings is 1. The summed E-state index contributed by atoms with van der Waals surface area (Å²) >= 11 is 0. The number of aromatic nitrogens is 2. The zero-order valence-corrected chi connectivity index (χ0v) is 21.1. The Balaban J connectivity index is 0.00000363. The molecule has 1 fully saturated rings. The maximum Gasteiger partial charge on any atom is 0.401 e. The molecule has 1 aliphatic rings. The highest BCUT2D eigenvalue weighted by atomic mass is 127. The minimum Gasteiger partial charge on any atom is -0.356 e. The normalized spacial score (nSPS) is 16.2. The van der Waals surface area contributed by atoms with E-state index in [-0.39, 0.29) is 24.0 Å². The largest absolute Gasteiger partial charge is 0.401 e. The molecule has 32 heavy (non-hydrogen) atoms. The number of halogens is 4. The van der Waals surface area contributed by atoms with Crippen molar-refractivity contribution in [2.45, 2.75) is 45.3 Å². The van der Waals surface area contributed by atoms with Gasteiger partial charge in [0.1, 0.15) is 5.82 Å². The molecule has 0 unspecified atom stereocenters. The lowest BCUT2D eigenvalue weighted by Crippen LogP contribution is -2.41. The molecular weight excluding hydrogens is 532 g/mol. The topological polar surface area (TPSA) is 57.5 Å². The number of fused-ring (bicyclic) bond motifs is 1.